The molecule has 0 aliphatic carbocycles. The fourth-order valence-electron chi connectivity index (χ4n) is 2.27. The van der Waals surface area contributed by atoms with Gasteiger partial charge in [-0.3, -0.25) is 4.79 Å². The largest absolute Gasteiger partial charge is 0.347 e. The predicted molar refractivity (Wildman–Crippen MR) is 80.3 cm³/mol. The Balaban J connectivity index is 2.26. The number of thioether (sulfide) groups is 1. The second kappa shape index (κ2) is 6.64. The highest BCUT2D eigenvalue weighted by atomic mass is 35.5. The summed E-state index contributed by atoms with van der Waals surface area (Å²) in [4.78, 5) is 14.4. The zero-order valence-corrected chi connectivity index (χ0v) is 12.9. The van der Waals surface area contributed by atoms with Gasteiger partial charge in [0.05, 0.1) is 25.4 Å². The Morgan fingerprint density at radius 1 is 1.42 bits per heavy atom. The summed E-state index contributed by atoms with van der Waals surface area (Å²) in [6.07, 6.45) is 0.872. The normalized spacial score (nSPS) is 23.1. The summed E-state index contributed by atoms with van der Waals surface area (Å²) < 4.78 is 0. The van der Waals surface area contributed by atoms with E-state index in [1.54, 1.807) is 11.8 Å². The van der Waals surface area contributed by atoms with Crippen LogP contribution in [0.5, 0.6) is 0 Å². The van der Waals surface area contributed by atoms with Gasteiger partial charge in [-0.25, -0.2) is 0 Å². The molecule has 1 aliphatic rings. The summed E-state index contributed by atoms with van der Waals surface area (Å²) in [6.45, 7) is 3.76. The van der Waals surface area contributed by atoms with E-state index in [2.05, 4.69) is 12.2 Å². The van der Waals surface area contributed by atoms with Gasteiger partial charge in [0.1, 0.15) is 5.37 Å². The van der Waals surface area contributed by atoms with Crippen LogP contribution < -0.4 is 5.32 Å². The van der Waals surface area contributed by atoms with Crippen LogP contribution in [0.15, 0.2) is 24.3 Å². The van der Waals surface area contributed by atoms with Crippen molar-refractivity contribution in [2.24, 2.45) is 0 Å². The maximum absolute atomic E-state index is 12.4. The number of benzene rings is 1. The fraction of sp³-hybridized carbons (Fsp3) is 0.500. The number of hydrogen-bond acceptors (Lipinski definition) is 2. The van der Waals surface area contributed by atoms with E-state index in [9.17, 15) is 4.79 Å². The first kappa shape index (κ1) is 14.7. The number of likely N-dealkylation sites (N-methyl/N-ethyl adjacent to an activating group) is 1. The third kappa shape index (κ3) is 3.07. The SMILES string of the molecule is CC[C@@H]1S[C@H](c2ccccc2Cl)N(CC[NH2+]C)C1=O. The Morgan fingerprint density at radius 2 is 2.16 bits per heavy atom. The monoisotopic (exact) mass is 299 g/mol. The lowest BCUT2D eigenvalue weighted by Crippen LogP contribution is -2.81. The van der Waals surface area contributed by atoms with E-state index in [4.69, 9.17) is 11.6 Å². The minimum Gasteiger partial charge on any atom is -0.347 e. The van der Waals surface area contributed by atoms with Crippen molar-refractivity contribution >= 4 is 29.3 Å². The number of hydrogen-bond donors (Lipinski definition) is 1. The van der Waals surface area contributed by atoms with Crippen LogP contribution in [-0.4, -0.2) is 36.2 Å². The minimum absolute atomic E-state index is 0.0612. The molecule has 19 heavy (non-hydrogen) atoms. The van der Waals surface area contributed by atoms with E-state index in [1.165, 1.54) is 0 Å². The molecule has 0 spiro atoms. The summed E-state index contributed by atoms with van der Waals surface area (Å²) in [5, 5.41) is 2.97. The number of carbonyl (C=O) groups excluding carboxylic acids is 1. The van der Waals surface area contributed by atoms with Gasteiger partial charge in [-0.2, -0.15) is 0 Å². The molecule has 104 valence electrons. The summed E-state index contributed by atoms with van der Waals surface area (Å²) in [7, 11) is 2.02. The number of halogens is 1. The van der Waals surface area contributed by atoms with Crippen LogP contribution in [0.4, 0.5) is 0 Å². The number of amides is 1. The zero-order chi connectivity index (χ0) is 13.8. The number of quaternary nitrogens is 1. The Kier molecular flexibility index (Phi) is 5.13. The lowest BCUT2D eigenvalue weighted by Gasteiger charge is -2.23. The Bertz CT molecular complexity index is 455. The van der Waals surface area contributed by atoms with Gasteiger partial charge in [0.2, 0.25) is 5.91 Å². The first-order valence-corrected chi connectivity index (χ1v) is 7.99. The van der Waals surface area contributed by atoms with Crippen molar-refractivity contribution in [2.75, 3.05) is 20.1 Å². The molecular formula is C14H20ClN2OS+. The second-order valence-electron chi connectivity index (χ2n) is 4.64. The smallest absolute Gasteiger partial charge is 0.237 e. The lowest BCUT2D eigenvalue weighted by molar-refractivity contribution is -0.626. The van der Waals surface area contributed by atoms with Gasteiger partial charge in [-0.1, -0.05) is 36.7 Å². The molecule has 0 saturated carbocycles. The number of carbonyl (C=O) groups is 1. The molecule has 3 nitrogen and oxygen atoms in total. The van der Waals surface area contributed by atoms with Gasteiger partial charge in [0.25, 0.3) is 0 Å². The molecular weight excluding hydrogens is 280 g/mol. The van der Waals surface area contributed by atoms with E-state index < -0.39 is 0 Å². The van der Waals surface area contributed by atoms with Gasteiger partial charge >= 0.3 is 0 Å². The molecule has 0 aromatic heterocycles. The third-order valence-electron chi connectivity index (χ3n) is 3.34. The molecule has 0 unspecified atom stereocenters. The molecule has 2 atom stereocenters. The first-order valence-electron chi connectivity index (χ1n) is 6.67. The van der Waals surface area contributed by atoms with Crippen LogP contribution >= 0.6 is 23.4 Å². The van der Waals surface area contributed by atoms with E-state index in [0.29, 0.717) is 0 Å². The zero-order valence-electron chi connectivity index (χ0n) is 11.3. The number of nitrogens with zero attached hydrogens (tertiary/aromatic N) is 1. The maximum atomic E-state index is 12.4. The van der Waals surface area contributed by atoms with Crippen molar-refractivity contribution in [2.45, 2.75) is 24.0 Å². The van der Waals surface area contributed by atoms with E-state index in [-0.39, 0.29) is 16.5 Å². The number of rotatable bonds is 5. The van der Waals surface area contributed by atoms with Crippen molar-refractivity contribution in [1.29, 1.82) is 0 Å². The average molecular weight is 300 g/mol. The van der Waals surface area contributed by atoms with Crippen LogP contribution in [0.3, 0.4) is 0 Å². The Morgan fingerprint density at radius 3 is 2.79 bits per heavy atom. The van der Waals surface area contributed by atoms with Crippen LogP contribution in [0, 0.1) is 0 Å². The molecule has 1 heterocycles. The molecule has 1 fully saturated rings. The van der Waals surface area contributed by atoms with E-state index >= 15 is 0 Å². The maximum Gasteiger partial charge on any atom is 0.237 e. The molecule has 0 bridgehead atoms. The molecule has 1 aromatic carbocycles. The van der Waals surface area contributed by atoms with Crippen molar-refractivity contribution in [3.63, 3.8) is 0 Å². The lowest BCUT2D eigenvalue weighted by atomic mass is 10.2. The molecule has 1 amide bonds. The van der Waals surface area contributed by atoms with Crippen LogP contribution in [0.25, 0.3) is 0 Å². The molecule has 2 rings (SSSR count). The predicted octanol–water partition coefficient (Wildman–Crippen LogP) is 1.89. The molecule has 1 aromatic rings. The van der Waals surface area contributed by atoms with Gasteiger partial charge in [-0.15, -0.1) is 11.8 Å². The van der Waals surface area contributed by atoms with Gasteiger partial charge in [0, 0.05) is 10.6 Å². The fourth-order valence-corrected chi connectivity index (χ4v) is 4.04. The second-order valence-corrected chi connectivity index (χ2v) is 6.33. The van der Waals surface area contributed by atoms with Crippen molar-refractivity contribution in [1.82, 2.24) is 4.90 Å². The molecule has 1 saturated heterocycles. The molecule has 1 aliphatic heterocycles. The summed E-state index contributed by atoms with van der Waals surface area (Å²) in [6, 6.07) is 7.82. The number of nitrogens with two attached hydrogens (primary N) is 1. The highest BCUT2D eigenvalue weighted by Gasteiger charge is 2.40. The van der Waals surface area contributed by atoms with Crippen molar-refractivity contribution in [3.05, 3.63) is 34.9 Å². The molecule has 5 heteroatoms. The summed E-state index contributed by atoms with van der Waals surface area (Å²) in [5.74, 6) is 0.249. The van der Waals surface area contributed by atoms with Crippen molar-refractivity contribution in [3.8, 4) is 0 Å². The topological polar surface area (TPSA) is 36.9 Å². The van der Waals surface area contributed by atoms with Gasteiger partial charge in [-0.05, 0) is 12.5 Å². The molecule has 2 N–H and O–H groups in total. The first-order chi connectivity index (χ1) is 9.19. The van der Waals surface area contributed by atoms with E-state index in [1.807, 2.05) is 36.2 Å². The summed E-state index contributed by atoms with van der Waals surface area (Å²) >= 11 is 8.01. The average Bonchev–Trinajstić information content (AvgIpc) is 2.73. The highest BCUT2D eigenvalue weighted by molar-refractivity contribution is 8.01. The molecule has 0 radical (unpaired) electrons. The van der Waals surface area contributed by atoms with Crippen molar-refractivity contribution < 1.29 is 10.1 Å². The van der Waals surface area contributed by atoms with E-state index in [0.717, 1.165) is 30.1 Å². The minimum atomic E-state index is 0.0612. The standard InChI is InChI=1S/C14H19ClN2OS/c1-3-12-13(18)17(9-8-16-2)14(19-12)10-6-4-5-7-11(10)15/h4-7,12,14,16H,3,8-9H2,1-2H3/p+1/t12-,14+/m0/s1. The van der Waals surface area contributed by atoms with Gasteiger partial charge in [0.15, 0.2) is 0 Å². The van der Waals surface area contributed by atoms with Gasteiger partial charge < -0.3 is 10.2 Å². The van der Waals surface area contributed by atoms with Crippen LogP contribution in [-0.2, 0) is 4.79 Å². The van der Waals surface area contributed by atoms with Crippen LogP contribution in [0.2, 0.25) is 5.02 Å². The highest BCUT2D eigenvalue weighted by Crippen LogP contribution is 2.45. The Hall–Kier alpha value is -0.710. The van der Waals surface area contributed by atoms with Crippen LogP contribution in [0.1, 0.15) is 24.3 Å². The summed E-state index contributed by atoms with van der Waals surface area (Å²) in [5.41, 5.74) is 1.05. The third-order valence-corrected chi connectivity index (χ3v) is 5.31. The Labute approximate surface area is 123 Å². The quantitative estimate of drug-likeness (QED) is 0.901.